The van der Waals surface area contributed by atoms with Gasteiger partial charge in [-0.1, -0.05) is 38.6 Å². The number of anilines is 1. The third kappa shape index (κ3) is 6.75. The Morgan fingerprint density at radius 2 is 1.79 bits per heavy atom. The smallest absolute Gasteiger partial charge is 0.250 e. The summed E-state index contributed by atoms with van der Waals surface area (Å²) in [7, 11) is 0. The first-order chi connectivity index (χ1) is 18.3. The number of nitrogens with one attached hydrogen (secondary N) is 2. The number of aromatic amines is 1. The van der Waals surface area contributed by atoms with E-state index in [-0.39, 0.29) is 5.91 Å². The number of H-pyrrole nitrogens is 1. The molecule has 0 radical (unpaired) electrons. The van der Waals surface area contributed by atoms with Gasteiger partial charge in [-0.15, -0.1) is 0 Å². The number of aromatic nitrogens is 2. The predicted octanol–water partition coefficient (Wildman–Crippen LogP) is 6.56. The van der Waals surface area contributed by atoms with Gasteiger partial charge in [-0.2, -0.15) is 0 Å². The Bertz CT molecular complexity index is 1420. The monoisotopic (exact) mass is 512 g/mol. The Hall–Kier alpha value is -4.23. The molecule has 0 saturated carbocycles. The minimum absolute atomic E-state index is 0.273. The second-order valence-electron chi connectivity index (χ2n) is 8.97. The molecule has 198 valence electrons. The zero-order valence-corrected chi connectivity index (χ0v) is 22.6. The van der Waals surface area contributed by atoms with Crippen molar-refractivity contribution in [3.05, 3.63) is 84.2 Å². The highest BCUT2D eigenvalue weighted by molar-refractivity contribution is 6.11. The largest absolute Gasteiger partial charge is 0.381 e. The van der Waals surface area contributed by atoms with E-state index < -0.39 is 5.91 Å². The number of nitrogens with zero attached hydrogens (tertiary/aromatic N) is 1. The summed E-state index contributed by atoms with van der Waals surface area (Å²) in [5.41, 5.74) is 12.9. The van der Waals surface area contributed by atoms with Gasteiger partial charge in [0, 0.05) is 47.4 Å². The van der Waals surface area contributed by atoms with Gasteiger partial charge >= 0.3 is 0 Å². The molecule has 0 saturated heterocycles. The maximum absolute atomic E-state index is 12.1. The van der Waals surface area contributed by atoms with Crippen molar-refractivity contribution in [3.63, 3.8) is 0 Å². The summed E-state index contributed by atoms with van der Waals surface area (Å²) in [4.78, 5) is 31.6. The number of fused-ring (bicyclic) bond motifs is 1. The summed E-state index contributed by atoms with van der Waals surface area (Å²) in [6.45, 7) is 13.5. The molecule has 0 spiro atoms. The third-order valence-corrected chi connectivity index (χ3v) is 6.05. The van der Waals surface area contributed by atoms with Crippen LogP contribution in [0.2, 0.25) is 0 Å². The molecule has 0 aliphatic heterocycles. The lowest BCUT2D eigenvalue weighted by atomic mass is 9.94. The lowest BCUT2D eigenvalue weighted by Crippen LogP contribution is -2.11. The number of rotatable bonds is 9. The van der Waals surface area contributed by atoms with Gasteiger partial charge in [-0.3, -0.25) is 14.6 Å². The number of pyridine rings is 1. The van der Waals surface area contributed by atoms with Crippen molar-refractivity contribution < 1.29 is 14.3 Å². The average Bonchev–Trinajstić information content (AvgIpc) is 3.36. The van der Waals surface area contributed by atoms with Crippen LogP contribution in [0.4, 0.5) is 5.69 Å². The Morgan fingerprint density at radius 1 is 1.05 bits per heavy atom. The highest BCUT2D eigenvalue weighted by Gasteiger charge is 2.17. The SMILES string of the molecule is C=CC(=O)Nc1cccc(-c2ccc(C(N)=O)c3[nH]c(-c4ccc(C)nc4)cc23)c1C.CCCOCCC. The minimum Gasteiger partial charge on any atom is -0.381 e. The Kier molecular flexibility index (Phi) is 9.96. The van der Waals surface area contributed by atoms with Crippen molar-refractivity contribution in [2.24, 2.45) is 5.73 Å². The number of benzene rings is 2. The van der Waals surface area contributed by atoms with Crippen LogP contribution in [0.5, 0.6) is 0 Å². The Morgan fingerprint density at radius 3 is 2.39 bits per heavy atom. The van der Waals surface area contributed by atoms with Crippen molar-refractivity contribution >= 4 is 28.4 Å². The standard InChI is InChI=1S/C25H22N4O2.C6H14O/c1-4-23(30)28-21-7-5-6-17(15(21)3)18-10-11-19(25(26)31)24-20(18)12-22(29-24)16-9-8-14(2)27-13-16;1-3-5-7-6-4-2/h4-13,29H,1H2,2-3H3,(H2,26,31)(H,28,30);3-6H2,1-2H3. The molecule has 2 aromatic heterocycles. The van der Waals surface area contributed by atoms with Crippen LogP contribution in [-0.2, 0) is 9.53 Å². The van der Waals surface area contributed by atoms with Crippen LogP contribution in [-0.4, -0.2) is 35.0 Å². The molecule has 2 amide bonds. The molecule has 2 aromatic carbocycles. The molecule has 0 aliphatic rings. The van der Waals surface area contributed by atoms with Crippen molar-refractivity contribution in [2.45, 2.75) is 40.5 Å². The molecule has 2 heterocycles. The summed E-state index contributed by atoms with van der Waals surface area (Å²) in [6.07, 6.45) is 5.31. The molecular weight excluding hydrogens is 476 g/mol. The molecule has 4 N–H and O–H groups in total. The second kappa shape index (κ2) is 13.4. The maximum Gasteiger partial charge on any atom is 0.250 e. The topological polar surface area (TPSA) is 110 Å². The Balaban J connectivity index is 0.000000505. The zero-order chi connectivity index (χ0) is 27.7. The lowest BCUT2D eigenvalue weighted by molar-refractivity contribution is -0.111. The molecule has 4 aromatic rings. The molecule has 0 unspecified atom stereocenters. The lowest BCUT2D eigenvalue weighted by Gasteiger charge is -2.13. The van der Waals surface area contributed by atoms with Crippen LogP contribution >= 0.6 is 0 Å². The number of amides is 2. The van der Waals surface area contributed by atoms with Gasteiger partial charge in [0.25, 0.3) is 5.91 Å². The zero-order valence-electron chi connectivity index (χ0n) is 22.6. The first-order valence-electron chi connectivity index (χ1n) is 12.8. The van der Waals surface area contributed by atoms with E-state index in [4.69, 9.17) is 10.5 Å². The van der Waals surface area contributed by atoms with Crippen LogP contribution in [0, 0.1) is 13.8 Å². The van der Waals surface area contributed by atoms with E-state index in [2.05, 4.69) is 35.7 Å². The van der Waals surface area contributed by atoms with Crippen molar-refractivity contribution in [3.8, 4) is 22.4 Å². The van der Waals surface area contributed by atoms with E-state index >= 15 is 0 Å². The molecule has 7 nitrogen and oxygen atoms in total. The van der Waals surface area contributed by atoms with Gasteiger partial charge in [0.1, 0.15) is 0 Å². The van der Waals surface area contributed by atoms with Crippen LogP contribution in [0.25, 0.3) is 33.3 Å². The number of aryl methyl sites for hydroxylation is 1. The summed E-state index contributed by atoms with van der Waals surface area (Å²) in [5.74, 6) is -0.777. The van der Waals surface area contributed by atoms with Crippen LogP contribution in [0.15, 0.2) is 67.4 Å². The molecule has 0 fully saturated rings. The van der Waals surface area contributed by atoms with E-state index in [1.165, 1.54) is 6.08 Å². The average molecular weight is 513 g/mol. The number of ether oxygens (including phenoxy) is 1. The van der Waals surface area contributed by atoms with E-state index in [1.807, 2.05) is 56.3 Å². The second-order valence-corrected chi connectivity index (χ2v) is 8.97. The number of hydrogen-bond acceptors (Lipinski definition) is 4. The van der Waals surface area contributed by atoms with Crippen molar-refractivity contribution in [1.82, 2.24) is 9.97 Å². The molecule has 0 aliphatic carbocycles. The summed E-state index contributed by atoms with van der Waals surface area (Å²) >= 11 is 0. The van der Waals surface area contributed by atoms with Crippen molar-refractivity contribution in [2.75, 3.05) is 18.5 Å². The number of primary amides is 1. The predicted molar refractivity (Wildman–Crippen MR) is 155 cm³/mol. The van der Waals surface area contributed by atoms with E-state index in [0.717, 1.165) is 65.1 Å². The number of carbonyl (C=O) groups is 2. The van der Waals surface area contributed by atoms with Gasteiger partial charge in [-0.25, -0.2) is 0 Å². The van der Waals surface area contributed by atoms with Crippen LogP contribution < -0.4 is 11.1 Å². The first-order valence-corrected chi connectivity index (χ1v) is 12.8. The minimum atomic E-state index is -0.504. The highest BCUT2D eigenvalue weighted by Crippen LogP contribution is 2.37. The van der Waals surface area contributed by atoms with Gasteiger partial charge in [-0.05, 0) is 79.8 Å². The fraction of sp³-hybridized carbons (Fsp3) is 0.258. The first kappa shape index (κ1) is 28.3. The summed E-state index contributed by atoms with van der Waals surface area (Å²) in [5, 5.41) is 3.70. The molecule has 4 rings (SSSR count). The van der Waals surface area contributed by atoms with Gasteiger partial charge in [0.2, 0.25) is 5.91 Å². The normalized spacial score (nSPS) is 10.5. The molecule has 7 heteroatoms. The maximum atomic E-state index is 12.1. The molecule has 0 atom stereocenters. The quantitative estimate of drug-likeness (QED) is 0.174. The number of carbonyl (C=O) groups excluding carboxylic acids is 2. The summed E-state index contributed by atoms with van der Waals surface area (Å²) in [6, 6.07) is 15.2. The van der Waals surface area contributed by atoms with E-state index in [0.29, 0.717) is 16.8 Å². The third-order valence-electron chi connectivity index (χ3n) is 6.05. The number of hydrogen-bond donors (Lipinski definition) is 3. The fourth-order valence-electron chi connectivity index (χ4n) is 4.08. The summed E-state index contributed by atoms with van der Waals surface area (Å²) < 4.78 is 5.13. The van der Waals surface area contributed by atoms with Crippen LogP contribution in [0.3, 0.4) is 0 Å². The van der Waals surface area contributed by atoms with Gasteiger partial charge in [0.15, 0.2) is 0 Å². The molecule has 0 bridgehead atoms. The van der Waals surface area contributed by atoms with Crippen LogP contribution in [0.1, 0.15) is 48.3 Å². The molecular formula is C31H36N4O3. The fourth-order valence-corrected chi connectivity index (χ4v) is 4.08. The van der Waals surface area contributed by atoms with Gasteiger partial charge < -0.3 is 20.8 Å². The Labute approximate surface area is 224 Å². The van der Waals surface area contributed by atoms with Gasteiger partial charge in [0.05, 0.1) is 11.1 Å². The highest BCUT2D eigenvalue weighted by atomic mass is 16.5. The number of nitrogens with two attached hydrogens (primary N) is 1. The van der Waals surface area contributed by atoms with E-state index in [9.17, 15) is 9.59 Å². The van der Waals surface area contributed by atoms with E-state index in [1.54, 1.807) is 12.3 Å². The van der Waals surface area contributed by atoms with Crippen molar-refractivity contribution in [1.29, 1.82) is 0 Å². The molecule has 38 heavy (non-hydrogen) atoms.